The maximum absolute atomic E-state index is 15.2. The number of aryl methyl sites for hydroxylation is 6. The molecule has 0 saturated carbocycles. The van der Waals surface area contributed by atoms with Crippen LogP contribution in [0.4, 0.5) is 0 Å². The number of hydrogen-bond donors (Lipinski definition) is 0. The first kappa shape index (κ1) is 34.6. The third-order valence-corrected chi connectivity index (χ3v) is 13.8. The molecule has 0 amide bonds. The van der Waals surface area contributed by atoms with Crippen LogP contribution in [0.15, 0.2) is 109 Å². The second kappa shape index (κ2) is 13.4. The molecule has 0 heterocycles. The zero-order chi connectivity index (χ0) is 35.0. The van der Waals surface area contributed by atoms with Crippen molar-refractivity contribution in [2.45, 2.75) is 41.5 Å². The minimum absolute atomic E-state index is 0.00912. The molecule has 0 aromatic heterocycles. The summed E-state index contributed by atoms with van der Waals surface area (Å²) in [5.74, 6) is 0. The topological polar surface area (TPSA) is 102 Å². The highest BCUT2D eigenvalue weighted by Crippen LogP contribution is 2.55. The van der Waals surface area contributed by atoms with Crippen LogP contribution < -0.4 is 10.6 Å². The van der Waals surface area contributed by atoms with Gasteiger partial charge >= 0.3 is 0 Å². The molecule has 0 spiro atoms. The summed E-state index contributed by atoms with van der Waals surface area (Å²) in [5.41, 5.74) is -0.149. The van der Waals surface area contributed by atoms with Crippen LogP contribution in [0.3, 0.4) is 0 Å². The quantitative estimate of drug-likeness (QED) is 0.137. The van der Waals surface area contributed by atoms with Gasteiger partial charge in [-0.25, -0.2) is 0 Å². The van der Waals surface area contributed by atoms with E-state index in [0.29, 0.717) is 22.3 Å². The monoisotopic (exact) mass is 674 g/mol. The van der Waals surface area contributed by atoms with Crippen molar-refractivity contribution in [1.29, 1.82) is 0 Å². The van der Waals surface area contributed by atoms with Gasteiger partial charge in [0, 0.05) is 32.9 Å². The molecule has 2 atom stereocenters. The largest absolute Gasteiger partial charge is 0.302 e. The van der Waals surface area contributed by atoms with Crippen molar-refractivity contribution in [3.05, 3.63) is 165 Å². The smallest absolute Gasteiger partial charge is 0.248 e. The normalized spacial score (nSPS) is 13.6. The lowest BCUT2D eigenvalue weighted by Crippen LogP contribution is -2.25. The average molecular weight is 675 g/mol. The highest BCUT2D eigenvalue weighted by molar-refractivity contribution is 8.01. The highest BCUT2D eigenvalue weighted by Gasteiger charge is 2.48. The van der Waals surface area contributed by atoms with Crippen molar-refractivity contribution < 1.29 is 28.3 Å². The number of benzene rings is 5. The maximum Gasteiger partial charge on any atom is 0.248 e. The molecule has 6 nitrogen and oxygen atoms in total. The second-order valence-electron chi connectivity index (χ2n) is 12.2. The van der Waals surface area contributed by atoms with Gasteiger partial charge in [0.05, 0.1) is 0 Å². The Morgan fingerprint density at radius 2 is 0.667 bits per heavy atom. The van der Waals surface area contributed by atoms with E-state index >= 15 is 9.13 Å². The Balaban J connectivity index is 1.74. The number of rotatable bonds is 10. The lowest BCUT2D eigenvalue weighted by atomic mass is 10.0. The molecule has 0 saturated heterocycles. The molecule has 8 heteroatoms. The van der Waals surface area contributed by atoms with Crippen LogP contribution in [-0.2, 0) is 9.13 Å². The molecule has 0 N–H and O–H groups in total. The van der Waals surface area contributed by atoms with Crippen molar-refractivity contribution in [2.75, 3.05) is 0 Å². The molecule has 242 valence electrons. The van der Waals surface area contributed by atoms with Crippen LogP contribution in [0.1, 0.15) is 74.8 Å². The summed E-state index contributed by atoms with van der Waals surface area (Å²) in [6.45, 7) is 10.7. The molecule has 0 bridgehead atoms. The predicted octanol–water partition coefficient (Wildman–Crippen LogP) is 8.88. The minimum atomic E-state index is -4.67. The third-order valence-electron chi connectivity index (χ3n) is 8.55. The first-order valence-electron chi connectivity index (χ1n) is 15.5. The van der Waals surface area contributed by atoms with E-state index in [1.54, 1.807) is 88.4 Å². The fraction of sp³-hybridized carbons (Fsp3) is 0.150. The molecule has 2 unspecified atom stereocenters. The molecule has 48 heavy (non-hydrogen) atoms. The summed E-state index contributed by atoms with van der Waals surface area (Å²) in [5, 5.41) is 0.0182. The standard InChI is InChI=1S/C40H36O6P2/c1-25-21-27(3)35(28(4)22-25)39(43)47(45,31-15-9-7-10-16-31)37(41)33-19-13-14-20-34(33)38(42)48(46,32-17-11-8-12-18-32)40(44)36-29(5)23-26(2)24-30(36)6/h7-24H,1-6H3. The van der Waals surface area contributed by atoms with E-state index in [1.165, 1.54) is 48.5 Å². The molecular formula is C40H36O6P2. The minimum Gasteiger partial charge on any atom is -0.302 e. The van der Waals surface area contributed by atoms with E-state index in [2.05, 4.69) is 0 Å². The van der Waals surface area contributed by atoms with E-state index in [0.717, 1.165) is 11.1 Å². The van der Waals surface area contributed by atoms with Crippen LogP contribution in [0, 0.1) is 41.5 Å². The molecule has 0 aliphatic carbocycles. The van der Waals surface area contributed by atoms with E-state index in [-0.39, 0.29) is 32.9 Å². The van der Waals surface area contributed by atoms with Gasteiger partial charge < -0.3 is 9.13 Å². The van der Waals surface area contributed by atoms with Crippen LogP contribution in [-0.4, -0.2) is 22.1 Å². The first-order valence-corrected chi connectivity index (χ1v) is 18.9. The Hall–Kier alpha value is -4.76. The van der Waals surface area contributed by atoms with Crippen molar-refractivity contribution in [3.63, 3.8) is 0 Å². The summed E-state index contributed by atoms with van der Waals surface area (Å²) in [7, 11) is -9.33. The maximum atomic E-state index is 15.2. The molecule has 0 aliphatic rings. The zero-order valence-corrected chi connectivity index (χ0v) is 29.5. The van der Waals surface area contributed by atoms with Crippen LogP contribution in [0.2, 0.25) is 0 Å². The van der Waals surface area contributed by atoms with E-state index in [9.17, 15) is 19.2 Å². The van der Waals surface area contributed by atoms with Gasteiger partial charge in [-0.15, -0.1) is 0 Å². The van der Waals surface area contributed by atoms with E-state index in [1.807, 2.05) is 13.8 Å². The molecule has 5 aromatic rings. The Bertz CT molecular complexity index is 2010. The van der Waals surface area contributed by atoms with Gasteiger partial charge in [0.2, 0.25) is 36.4 Å². The molecular weight excluding hydrogens is 638 g/mol. The third kappa shape index (κ3) is 5.92. The Kier molecular flexibility index (Phi) is 9.65. The zero-order valence-electron chi connectivity index (χ0n) is 27.7. The summed E-state index contributed by atoms with van der Waals surface area (Å²) in [6, 6.07) is 28.3. The summed E-state index contributed by atoms with van der Waals surface area (Å²) >= 11 is 0. The first-order chi connectivity index (χ1) is 22.7. The molecule has 0 radical (unpaired) electrons. The fourth-order valence-corrected chi connectivity index (χ4v) is 11.4. The van der Waals surface area contributed by atoms with Gasteiger partial charge in [0.15, 0.2) is 0 Å². The fourth-order valence-electron chi connectivity index (χ4n) is 6.47. The molecule has 5 aromatic carbocycles. The van der Waals surface area contributed by atoms with Crippen molar-refractivity contribution in [3.8, 4) is 0 Å². The van der Waals surface area contributed by atoms with Gasteiger partial charge in [-0.2, -0.15) is 0 Å². The van der Waals surface area contributed by atoms with Crippen LogP contribution in [0.5, 0.6) is 0 Å². The Morgan fingerprint density at radius 1 is 0.396 bits per heavy atom. The van der Waals surface area contributed by atoms with Gasteiger partial charge in [-0.05, 0) is 63.8 Å². The van der Waals surface area contributed by atoms with Crippen LogP contribution >= 0.6 is 14.3 Å². The summed E-state index contributed by atoms with van der Waals surface area (Å²) in [4.78, 5) is 58.4. The molecule has 5 rings (SSSR count). The highest BCUT2D eigenvalue weighted by atomic mass is 31.2. The van der Waals surface area contributed by atoms with Crippen LogP contribution in [0.25, 0.3) is 0 Å². The SMILES string of the molecule is Cc1cc(C)c(C(=O)P(=O)(C(=O)c2ccccc2C(=O)P(=O)(C(=O)c2c(C)cc(C)cc2C)c2ccccc2)c2ccccc2)c(C)c1. The van der Waals surface area contributed by atoms with Crippen molar-refractivity contribution in [2.24, 2.45) is 0 Å². The number of hydrogen-bond acceptors (Lipinski definition) is 6. The molecule has 0 aliphatic heterocycles. The van der Waals surface area contributed by atoms with Gasteiger partial charge in [-0.1, -0.05) is 120 Å². The Morgan fingerprint density at radius 3 is 0.958 bits per heavy atom. The van der Waals surface area contributed by atoms with Crippen molar-refractivity contribution >= 4 is 47.0 Å². The Labute approximate surface area is 281 Å². The van der Waals surface area contributed by atoms with E-state index < -0.39 is 36.4 Å². The van der Waals surface area contributed by atoms with Gasteiger partial charge in [0.1, 0.15) is 0 Å². The number of carbonyl (C=O) groups excluding carboxylic acids is 4. The average Bonchev–Trinajstić information content (AvgIpc) is 3.06. The lowest BCUT2D eigenvalue weighted by Gasteiger charge is -2.22. The predicted molar refractivity (Wildman–Crippen MR) is 192 cm³/mol. The summed E-state index contributed by atoms with van der Waals surface area (Å²) in [6.07, 6.45) is 0. The number of carbonyl (C=O) groups is 4. The summed E-state index contributed by atoms with van der Waals surface area (Å²) < 4.78 is 30.5. The lowest BCUT2D eigenvalue weighted by molar-refractivity contribution is 0.101. The van der Waals surface area contributed by atoms with Gasteiger partial charge in [-0.3, -0.25) is 19.2 Å². The second-order valence-corrected chi connectivity index (χ2v) is 17.3. The van der Waals surface area contributed by atoms with Crippen molar-refractivity contribution in [1.82, 2.24) is 0 Å². The van der Waals surface area contributed by atoms with E-state index in [4.69, 9.17) is 0 Å². The van der Waals surface area contributed by atoms with Gasteiger partial charge in [0.25, 0.3) is 0 Å². The molecule has 0 fully saturated rings.